The fourth-order valence-corrected chi connectivity index (χ4v) is 2.77. The summed E-state index contributed by atoms with van der Waals surface area (Å²) < 4.78 is 0. The zero-order valence-electron chi connectivity index (χ0n) is 12.4. The topological polar surface area (TPSA) is 60.9 Å². The maximum atomic E-state index is 9.97. The van der Waals surface area contributed by atoms with Crippen LogP contribution in [0.1, 0.15) is 51.0 Å². The number of fused-ring (bicyclic) bond motifs is 1. The number of nitrogens with zero attached hydrogens (tertiary/aromatic N) is 1. The lowest BCUT2D eigenvalue weighted by Crippen LogP contribution is -2.22. The van der Waals surface area contributed by atoms with Gasteiger partial charge in [-0.05, 0) is 42.5 Å². The first-order valence-corrected chi connectivity index (χ1v) is 7.43. The zero-order chi connectivity index (χ0) is 14.3. The number of aliphatic hydroxyl groups excluding tert-OH is 1. The third-order valence-corrected chi connectivity index (χ3v) is 4.65. The van der Waals surface area contributed by atoms with Gasteiger partial charge in [0.25, 0.3) is 0 Å². The van der Waals surface area contributed by atoms with E-state index in [-0.39, 0.29) is 17.6 Å². The Morgan fingerprint density at radius 2 is 2.20 bits per heavy atom. The molecule has 2 atom stereocenters. The Bertz CT molecular complexity index is 617. The highest BCUT2D eigenvalue weighted by Gasteiger charge is 2.29. The predicted molar refractivity (Wildman–Crippen MR) is 80.8 cm³/mol. The van der Waals surface area contributed by atoms with Crippen LogP contribution < -0.4 is 5.32 Å². The molecule has 1 aliphatic heterocycles. The van der Waals surface area contributed by atoms with E-state index in [2.05, 4.69) is 54.3 Å². The molecule has 108 valence electrons. The molecule has 0 aliphatic carbocycles. The highest BCUT2D eigenvalue weighted by molar-refractivity contribution is 5.76. The van der Waals surface area contributed by atoms with Crippen LogP contribution in [0, 0.1) is 0 Å². The molecule has 1 fully saturated rings. The van der Waals surface area contributed by atoms with Crippen LogP contribution in [0.5, 0.6) is 0 Å². The van der Waals surface area contributed by atoms with Crippen molar-refractivity contribution in [3.63, 3.8) is 0 Å². The summed E-state index contributed by atoms with van der Waals surface area (Å²) in [6, 6.07) is 6.36. The second kappa shape index (κ2) is 4.86. The molecule has 0 radical (unpaired) electrons. The Kier molecular flexibility index (Phi) is 3.30. The number of hydrogen-bond donors (Lipinski definition) is 3. The molecule has 0 spiro atoms. The number of rotatable bonds is 3. The lowest BCUT2D eigenvalue weighted by Gasteiger charge is -2.23. The van der Waals surface area contributed by atoms with Crippen molar-refractivity contribution in [2.75, 3.05) is 6.54 Å². The molecular formula is C16H23N3O. The highest BCUT2D eigenvalue weighted by Crippen LogP contribution is 2.30. The molecule has 4 nitrogen and oxygen atoms in total. The number of imidazole rings is 1. The summed E-state index contributed by atoms with van der Waals surface area (Å²) in [4.78, 5) is 7.99. The van der Waals surface area contributed by atoms with E-state index in [4.69, 9.17) is 0 Å². The van der Waals surface area contributed by atoms with E-state index >= 15 is 0 Å². The maximum Gasteiger partial charge on any atom is 0.127 e. The number of benzene rings is 1. The Morgan fingerprint density at radius 1 is 1.40 bits per heavy atom. The molecule has 1 aromatic heterocycles. The van der Waals surface area contributed by atoms with Crippen molar-refractivity contribution >= 4 is 11.0 Å². The van der Waals surface area contributed by atoms with E-state index in [1.807, 2.05) is 0 Å². The molecule has 0 bridgehead atoms. The van der Waals surface area contributed by atoms with Crippen molar-refractivity contribution < 1.29 is 5.11 Å². The van der Waals surface area contributed by atoms with Gasteiger partial charge in [-0.15, -0.1) is 0 Å². The summed E-state index contributed by atoms with van der Waals surface area (Å²) in [5.74, 6) is 0.844. The lowest BCUT2D eigenvalue weighted by molar-refractivity contribution is 0.157. The third kappa shape index (κ3) is 2.23. The minimum Gasteiger partial charge on any atom is -0.391 e. The zero-order valence-corrected chi connectivity index (χ0v) is 12.4. The average Bonchev–Trinajstić information content (AvgIpc) is 3.02. The molecule has 4 heteroatoms. The van der Waals surface area contributed by atoms with E-state index < -0.39 is 0 Å². The standard InChI is InChI=1S/C16H23N3O/c1-4-16(2,3)10-5-6-11-12(9-10)19-15(18-11)14-13(20)7-8-17-14/h5-6,9,13-14,17,20H,4,7-8H2,1-3H3,(H,18,19)/t13-,14-/m0/s1. The van der Waals surface area contributed by atoms with Crippen LogP contribution in [0.3, 0.4) is 0 Å². The molecule has 0 unspecified atom stereocenters. The quantitative estimate of drug-likeness (QED) is 0.805. The summed E-state index contributed by atoms with van der Waals surface area (Å²) in [5, 5.41) is 13.3. The lowest BCUT2D eigenvalue weighted by atomic mass is 9.82. The fourth-order valence-electron chi connectivity index (χ4n) is 2.77. The first-order chi connectivity index (χ1) is 9.51. The summed E-state index contributed by atoms with van der Waals surface area (Å²) in [6.45, 7) is 7.57. The molecule has 0 amide bonds. The number of H-pyrrole nitrogens is 1. The minimum atomic E-state index is -0.345. The summed E-state index contributed by atoms with van der Waals surface area (Å²) in [6.07, 6.45) is 1.54. The number of nitrogens with one attached hydrogen (secondary N) is 2. The minimum absolute atomic E-state index is 0.0648. The maximum absolute atomic E-state index is 9.97. The van der Waals surface area contributed by atoms with Crippen molar-refractivity contribution in [3.05, 3.63) is 29.6 Å². The van der Waals surface area contributed by atoms with Gasteiger partial charge in [0.15, 0.2) is 0 Å². The molecule has 20 heavy (non-hydrogen) atoms. The molecular weight excluding hydrogens is 250 g/mol. The molecule has 2 heterocycles. The molecule has 3 rings (SSSR count). The Balaban J connectivity index is 1.99. The van der Waals surface area contributed by atoms with Gasteiger partial charge in [-0.2, -0.15) is 0 Å². The molecule has 3 N–H and O–H groups in total. The van der Waals surface area contributed by atoms with Gasteiger partial charge in [-0.25, -0.2) is 4.98 Å². The largest absolute Gasteiger partial charge is 0.391 e. The van der Waals surface area contributed by atoms with Crippen LogP contribution >= 0.6 is 0 Å². The first kappa shape index (κ1) is 13.6. The van der Waals surface area contributed by atoms with Crippen LogP contribution in [0.25, 0.3) is 11.0 Å². The van der Waals surface area contributed by atoms with Crippen LogP contribution in [0.15, 0.2) is 18.2 Å². The van der Waals surface area contributed by atoms with Gasteiger partial charge in [0.2, 0.25) is 0 Å². The van der Waals surface area contributed by atoms with Crippen molar-refractivity contribution in [3.8, 4) is 0 Å². The summed E-state index contributed by atoms with van der Waals surface area (Å²) in [5.41, 5.74) is 3.52. The van der Waals surface area contributed by atoms with E-state index in [1.165, 1.54) is 5.56 Å². The summed E-state index contributed by atoms with van der Waals surface area (Å²) >= 11 is 0. The summed E-state index contributed by atoms with van der Waals surface area (Å²) in [7, 11) is 0. The number of aliphatic hydroxyl groups is 1. The highest BCUT2D eigenvalue weighted by atomic mass is 16.3. The van der Waals surface area contributed by atoms with Crippen molar-refractivity contribution in [2.45, 2.75) is 51.2 Å². The van der Waals surface area contributed by atoms with Crippen molar-refractivity contribution in [1.82, 2.24) is 15.3 Å². The van der Waals surface area contributed by atoms with Gasteiger partial charge in [-0.1, -0.05) is 26.8 Å². The fraction of sp³-hybridized carbons (Fsp3) is 0.562. The van der Waals surface area contributed by atoms with E-state index in [1.54, 1.807) is 0 Å². The van der Waals surface area contributed by atoms with Gasteiger partial charge >= 0.3 is 0 Å². The smallest absolute Gasteiger partial charge is 0.127 e. The molecule has 1 saturated heterocycles. The van der Waals surface area contributed by atoms with Gasteiger partial charge in [-0.3, -0.25) is 0 Å². The second-order valence-corrected chi connectivity index (χ2v) is 6.38. The Morgan fingerprint density at radius 3 is 2.85 bits per heavy atom. The van der Waals surface area contributed by atoms with Crippen LogP contribution in [-0.2, 0) is 5.41 Å². The van der Waals surface area contributed by atoms with Gasteiger partial charge < -0.3 is 15.4 Å². The van der Waals surface area contributed by atoms with Crippen molar-refractivity contribution in [1.29, 1.82) is 0 Å². The predicted octanol–water partition coefficient (Wildman–Crippen LogP) is 2.65. The SMILES string of the molecule is CCC(C)(C)c1ccc2nc([C@H]3NCC[C@@H]3O)[nH]c2c1. The monoisotopic (exact) mass is 273 g/mol. The average molecular weight is 273 g/mol. The second-order valence-electron chi connectivity index (χ2n) is 6.38. The molecule has 1 aliphatic rings. The first-order valence-electron chi connectivity index (χ1n) is 7.43. The van der Waals surface area contributed by atoms with Crippen LogP contribution in [0.2, 0.25) is 0 Å². The molecule has 0 saturated carbocycles. The van der Waals surface area contributed by atoms with E-state index in [9.17, 15) is 5.11 Å². The Labute approximate surface area is 119 Å². The number of aromatic nitrogens is 2. The van der Waals surface area contributed by atoms with Gasteiger partial charge in [0, 0.05) is 0 Å². The van der Waals surface area contributed by atoms with Crippen LogP contribution in [0.4, 0.5) is 0 Å². The molecule has 2 aromatic rings. The third-order valence-electron chi connectivity index (χ3n) is 4.65. The van der Waals surface area contributed by atoms with E-state index in [0.29, 0.717) is 0 Å². The number of aromatic amines is 1. The molecule has 1 aromatic carbocycles. The Hall–Kier alpha value is -1.39. The van der Waals surface area contributed by atoms with Crippen LogP contribution in [-0.4, -0.2) is 27.7 Å². The number of hydrogen-bond acceptors (Lipinski definition) is 3. The van der Waals surface area contributed by atoms with Crippen molar-refractivity contribution in [2.24, 2.45) is 0 Å². The van der Waals surface area contributed by atoms with E-state index in [0.717, 1.165) is 36.2 Å². The van der Waals surface area contributed by atoms with Gasteiger partial charge in [0.05, 0.1) is 23.2 Å². The normalized spacial score (nSPS) is 23.6. The van der Waals surface area contributed by atoms with Gasteiger partial charge in [0.1, 0.15) is 5.82 Å².